The predicted molar refractivity (Wildman–Crippen MR) is 43.7 cm³/mol. The number of carbonyl (C=O) groups is 3. The molecule has 0 aromatic heterocycles. The lowest BCUT2D eigenvalue weighted by Crippen LogP contribution is -2.01. The number of hydrogen-bond donors (Lipinski definition) is 0. The average Bonchev–Trinajstić information content (AvgIpc) is 1.87. The summed E-state index contributed by atoms with van der Waals surface area (Å²) in [5, 5.41) is 0. The first kappa shape index (κ1) is 13.4. The highest BCUT2D eigenvalue weighted by Crippen LogP contribution is 1.69. The van der Waals surface area contributed by atoms with Crippen LogP contribution in [0.5, 0.6) is 0 Å². The van der Waals surface area contributed by atoms with Crippen molar-refractivity contribution in [2.24, 2.45) is 0 Å². The van der Waals surface area contributed by atoms with Crippen molar-refractivity contribution in [2.45, 2.75) is 27.7 Å². The van der Waals surface area contributed by atoms with Gasteiger partial charge in [0.1, 0.15) is 0 Å². The predicted octanol–water partition coefficient (Wildman–Crippen LogP) is 0.734. The van der Waals surface area contributed by atoms with Gasteiger partial charge < -0.3 is 4.74 Å². The van der Waals surface area contributed by atoms with Crippen LogP contribution in [-0.4, -0.2) is 24.1 Å². The van der Waals surface area contributed by atoms with Gasteiger partial charge >= 0.3 is 5.97 Å². The monoisotopic (exact) mass is 174 g/mol. The summed E-state index contributed by atoms with van der Waals surface area (Å²) in [6.45, 7) is 6.16. The van der Waals surface area contributed by atoms with E-state index in [2.05, 4.69) is 4.74 Å². The molecule has 0 spiro atoms. The molecule has 0 aromatic rings. The van der Waals surface area contributed by atoms with E-state index in [0.29, 0.717) is 6.61 Å². The van der Waals surface area contributed by atoms with Crippen molar-refractivity contribution in [1.82, 2.24) is 0 Å². The van der Waals surface area contributed by atoms with Gasteiger partial charge in [-0.05, 0) is 6.92 Å². The Labute approximate surface area is 71.9 Å². The molecule has 0 atom stereocenters. The number of carbonyl (C=O) groups excluding carboxylic acids is 3. The third-order valence-corrected chi connectivity index (χ3v) is 0.843. The van der Waals surface area contributed by atoms with Gasteiger partial charge in [-0.15, -0.1) is 0 Å². The highest BCUT2D eigenvalue weighted by Gasteiger charge is 1.94. The fraction of sp³-hybridized carbons (Fsp3) is 0.625. The lowest BCUT2D eigenvalue weighted by atomic mass is 10.3. The zero-order chi connectivity index (χ0) is 10.1. The van der Waals surface area contributed by atoms with E-state index in [0.717, 1.165) is 0 Å². The molecule has 0 radical (unpaired) electrons. The maximum absolute atomic E-state index is 9.82. The van der Waals surface area contributed by atoms with Crippen molar-refractivity contribution < 1.29 is 19.1 Å². The van der Waals surface area contributed by atoms with Gasteiger partial charge in [0.2, 0.25) is 0 Å². The second-order valence-electron chi connectivity index (χ2n) is 2.04. The van der Waals surface area contributed by atoms with E-state index in [4.69, 9.17) is 0 Å². The number of ether oxygens (including phenoxy) is 1. The maximum atomic E-state index is 9.82. The zero-order valence-electron chi connectivity index (χ0n) is 7.84. The van der Waals surface area contributed by atoms with E-state index in [1.54, 1.807) is 6.92 Å². The lowest BCUT2D eigenvalue weighted by molar-refractivity contribution is -0.140. The Morgan fingerprint density at radius 3 is 1.33 bits per heavy atom. The molecule has 70 valence electrons. The van der Waals surface area contributed by atoms with Gasteiger partial charge in [-0.25, -0.2) is 0 Å². The summed E-state index contributed by atoms with van der Waals surface area (Å²) < 4.78 is 4.40. The molecule has 0 saturated carbocycles. The Balaban J connectivity index is 0. The third kappa shape index (κ3) is 15.9. The fourth-order valence-electron chi connectivity index (χ4n) is 0.203. The van der Waals surface area contributed by atoms with Crippen LogP contribution in [-0.2, 0) is 19.1 Å². The van der Waals surface area contributed by atoms with Crippen LogP contribution in [0.2, 0.25) is 0 Å². The largest absolute Gasteiger partial charge is 0.466 e. The maximum Gasteiger partial charge on any atom is 0.302 e. The van der Waals surface area contributed by atoms with Gasteiger partial charge in [0.25, 0.3) is 0 Å². The summed E-state index contributed by atoms with van der Waals surface area (Å²) in [4.78, 5) is 29.4. The molecule has 0 rings (SSSR count). The molecule has 0 unspecified atom stereocenters. The van der Waals surface area contributed by atoms with Crippen molar-refractivity contribution in [3.05, 3.63) is 0 Å². The summed E-state index contributed by atoms with van der Waals surface area (Å²) >= 11 is 0. The average molecular weight is 174 g/mol. The van der Waals surface area contributed by atoms with E-state index < -0.39 is 0 Å². The highest BCUT2D eigenvalue weighted by molar-refractivity contribution is 6.35. The Morgan fingerprint density at radius 1 is 1.00 bits per heavy atom. The summed E-state index contributed by atoms with van der Waals surface area (Å²) in [5.41, 5.74) is 0. The van der Waals surface area contributed by atoms with E-state index in [-0.39, 0.29) is 17.5 Å². The molecule has 4 nitrogen and oxygen atoms in total. The number of hydrogen-bond acceptors (Lipinski definition) is 4. The van der Waals surface area contributed by atoms with E-state index >= 15 is 0 Å². The van der Waals surface area contributed by atoms with Gasteiger partial charge in [0, 0.05) is 20.8 Å². The van der Waals surface area contributed by atoms with Gasteiger partial charge in [-0.1, -0.05) is 0 Å². The van der Waals surface area contributed by atoms with Gasteiger partial charge in [0.05, 0.1) is 6.61 Å². The van der Waals surface area contributed by atoms with Crippen LogP contribution in [0.3, 0.4) is 0 Å². The molecule has 12 heavy (non-hydrogen) atoms. The fourth-order valence-corrected chi connectivity index (χ4v) is 0.203. The van der Waals surface area contributed by atoms with E-state index in [1.165, 1.54) is 20.8 Å². The van der Waals surface area contributed by atoms with Crippen LogP contribution >= 0.6 is 0 Å². The van der Waals surface area contributed by atoms with Crippen LogP contribution in [0.4, 0.5) is 0 Å². The van der Waals surface area contributed by atoms with Gasteiger partial charge in [-0.3, -0.25) is 14.4 Å². The second-order valence-corrected chi connectivity index (χ2v) is 2.04. The topological polar surface area (TPSA) is 60.4 Å². The second kappa shape index (κ2) is 7.91. The first-order valence-electron chi connectivity index (χ1n) is 3.56. The van der Waals surface area contributed by atoms with Crippen molar-refractivity contribution in [3.8, 4) is 0 Å². The van der Waals surface area contributed by atoms with Crippen LogP contribution in [0.15, 0.2) is 0 Å². The van der Waals surface area contributed by atoms with Crippen LogP contribution < -0.4 is 0 Å². The Bertz CT molecular complexity index is 160. The Hall–Kier alpha value is -1.19. The SMILES string of the molecule is CC(=O)C(C)=O.CCOC(C)=O. The first-order valence-corrected chi connectivity index (χ1v) is 3.56. The molecular formula is C8H14O4. The van der Waals surface area contributed by atoms with Crippen LogP contribution in [0.1, 0.15) is 27.7 Å². The molecule has 4 heteroatoms. The summed E-state index contributed by atoms with van der Waals surface area (Å²) in [7, 11) is 0. The normalized spacial score (nSPS) is 7.67. The van der Waals surface area contributed by atoms with Gasteiger partial charge in [-0.2, -0.15) is 0 Å². The number of esters is 1. The zero-order valence-corrected chi connectivity index (χ0v) is 7.84. The molecule has 0 aliphatic heterocycles. The molecule has 0 aliphatic rings. The standard InChI is InChI=1S/C4H8O2.C4H6O2/c1-3-6-4(2)5;1-3(5)4(2)6/h3H2,1-2H3;1-2H3. The molecular weight excluding hydrogens is 160 g/mol. The summed E-state index contributed by atoms with van der Waals surface area (Å²) in [6.07, 6.45) is 0. The first-order chi connectivity index (χ1) is 5.41. The highest BCUT2D eigenvalue weighted by atomic mass is 16.5. The van der Waals surface area contributed by atoms with E-state index in [1.807, 2.05) is 0 Å². The smallest absolute Gasteiger partial charge is 0.302 e. The summed E-state index contributed by atoms with van der Waals surface area (Å²) in [5.74, 6) is -0.970. The lowest BCUT2D eigenvalue weighted by Gasteiger charge is -1.89. The van der Waals surface area contributed by atoms with E-state index in [9.17, 15) is 14.4 Å². The Morgan fingerprint density at radius 2 is 1.33 bits per heavy atom. The molecule has 0 amide bonds. The van der Waals surface area contributed by atoms with Crippen molar-refractivity contribution in [3.63, 3.8) is 0 Å². The van der Waals surface area contributed by atoms with Crippen molar-refractivity contribution in [2.75, 3.05) is 6.61 Å². The van der Waals surface area contributed by atoms with Crippen LogP contribution in [0, 0.1) is 0 Å². The van der Waals surface area contributed by atoms with Crippen LogP contribution in [0.25, 0.3) is 0 Å². The number of Topliss-reactive ketones (excluding diaryl/α,β-unsaturated/α-hetero) is 2. The summed E-state index contributed by atoms with van der Waals surface area (Å²) in [6, 6.07) is 0. The van der Waals surface area contributed by atoms with Crippen molar-refractivity contribution >= 4 is 17.5 Å². The number of ketones is 2. The number of rotatable bonds is 2. The third-order valence-electron chi connectivity index (χ3n) is 0.843. The Kier molecular flexibility index (Phi) is 8.84. The van der Waals surface area contributed by atoms with Crippen molar-refractivity contribution in [1.29, 1.82) is 0 Å². The molecule has 0 aromatic carbocycles. The molecule has 0 fully saturated rings. The molecule has 0 aliphatic carbocycles. The minimum Gasteiger partial charge on any atom is -0.466 e. The quantitative estimate of drug-likeness (QED) is 0.457. The van der Waals surface area contributed by atoms with Gasteiger partial charge in [0.15, 0.2) is 11.6 Å². The molecule has 0 saturated heterocycles. The minimum atomic E-state index is -0.380. The molecule has 0 heterocycles. The molecule has 0 N–H and O–H groups in total. The minimum absolute atomic E-state index is 0.211. The molecule has 0 bridgehead atoms.